The second-order valence-corrected chi connectivity index (χ2v) is 4.78. The number of aliphatic hydroxyl groups is 1. The van der Waals surface area contributed by atoms with E-state index in [1.807, 2.05) is 11.0 Å². The van der Waals surface area contributed by atoms with Gasteiger partial charge in [0.1, 0.15) is 11.6 Å². The number of nitrogens with two attached hydrogens (primary N) is 1. The Hall–Kier alpha value is -1.56. The molecule has 1 aliphatic heterocycles. The van der Waals surface area contributed by atoms with Crippen molar-refractivity contribution in [3.8, 4) is 0 Å². The summed E-state index contributed by atoms with van der Waals surface area (Å²) in [6, 6.07) is 2.45. The van der Waals surface area contributed by atoms with Crippen molar-refractivity contribution in [2.75, 3.05) is 29.0 Å². The van der Waals surface area contributed by atoms with Crippen LogP contribution in [0, 0.1) is 0 Å². The van der Waals surface area contributed by atoms with E-state index < -0.39 is 0 Å². The van der Waals surface area contributed by atoms with E-state index in [4.69, 9.17) is 5.73 Å². The fourth-order valence-corrected chi connectivity index (χ4v) is 2.08. The Morgan fingerprint density at radius 3 is 2.82 bits per heavy atom. The summed E-state index contributed by atoms with van der Waals surface area (Å²) in [4.78, 5) is 10.4. The van der Waals surface area contributed by atoms with Crippen LogP contribution in [0.5, 0.6) is 0 Å². The Morgan fingerprint density at radius 1 is 1.35 bits per heavy atom. The predicted molar refractivity (Wildman–Crippen MR) is 65.9 cm³/mol. The Bertz CT molecular complexity index is 420. The van der Waals surface area contributed by atoms with Crippen LogP contribution in [0.25, 0.3) is 0 Å². The van der Waals surface area contributed by atoms with E-state index in [1.165, 1.54) is 12.8 Å². The van der Waals surface area contributed by atoms with Gasteiger partial charge in [0.05, 0.1) is 6.10 Å². The second-order valence-electron chi connectivity index (χ2n) is 4.78. The highest BCUT2D eigenvalue weighted by atomic mass is 16.3. The van der Waals surface area contributed by atoms with E-state index in [9.17, 15) is 5.11 Å². The number of nitrogens with zero attached hydrogens (tertiary/aromatic N) is 3. The molecule has 6 nitrogen and oxygen atoms in total. The molecule has 0 unspecified atom stereocenters. The lowest BCUT2D eigenvalue weighted by atomic mass is 10.3. The SMILES string of the molecule is Nc1nc(NC2CC2)cc(N2CC[C@H](O)C2)n1. The first-order valence-corrected chi connectivity index (χ1v) is 6.05. The molecular weight excluding hydrogens is 218 g/mol. The van der Waals surface area contributed by atoms with Crippen LogP contribution in [0.15, 0.2) is 6.07 Å². The zero-order chi connectivity index (χ0) is 11.8. The van der Waals surface area contributed by atoms with E-state index in [2.05, 4.69) is 15.3 Å². The highest BCUT2D eigenvalue weighted by Crippen LogP contribution is 2.26. The van der Waals surface area contributed by atoms with Gasteiger partial charge >= 0.3 is 0 Å². The van der Waals surface area contributed by atoms with Crippen molar-refractivity contribution in [3.05, 3.63) is 6.07 Å². The second kappa shape index (κ2) is 4.03. The molecule has 2 aliphatic rings. The number of hydrogen-bond donors (Lipinski definition) is 3. The lowest BCUT2D eigenvalue weighted by Gasteiger charge is -2.17. The summed E-state index contributed by atoms with van der Waals surface area (Å²) in [7, 11) is 0. The molecule has 2 fully saturated rings. The Kier molecular flexibility index (Phi) is 2.51. The van der Waals surface area contributed by atoms with Gasteiger partial charge in [0.15, 0.2) is 0 Å². The molecule has 1 saturated carbocycles. The molecule has 3 rings (SSSR count). The molecule has 1 atom stereocenters. The molecule has 1 aromatic rings. The van der Waals surface area contributed by atoms with E-state index in [-0.39, 0.29) is 12.1 Å². The van der Waals surface area contributed by atoms with Crippen LogP contribution in [-0.4, -0.2) is 40.3 Å². The number of aromatic nitrogens is 2. The molecule has 17 heavy (non-hydrogen) atoms. The summed E-state index contributed by atoms with van der Waals surface area (Å²) in [6.07, 6.45) is 2.92. The average Bonchev–Trinajstić information content (AvgIpc) is 2.97. The van der Waals surface area contributed by atoms with E-state index in [1.54, 1.807) is 0 Å². The maximum atomic E-state index is 9.52. The minimum absolute atomic E-state index is 0.258. The van der Waals surface area contributed by atoms with Gasteiger partial charge in [0.2, 0.25) is 5.95 Å². The summed E-state index contributed by atoms with van der Waals surface area (Å²) >= 11 is 0. The van der Waals surface area contributed by atoms with Crippen LogP contribution < -0.4 is 16.0 Å². The van der Waals surface area contributed by atoms with Gasteiger partial charge < -0.3 is 21.1 Å². The number of nitrogen functional groups attached to an aromatic ring is 1. The van der Waals surface area contributed by atoms with Crippen LogP contribution in [0.1, 0.15) is 19.3 Å². The third kappa shape index (κ3) is 2.41. The first-order chi connectivity index (χ1) is 8.20. The lowest BCUT2D eigenvalue weighted by Crippen LogP contribution is -2.23. The summed E-state index contributed by atoms with van der Waals surface area (Å²) in [6.45, 7) is 1.44. The molecule has 0 amide bonds. The van der Waals surface area contributed by atoms with E-state index in [0.717, 1.165) is 24.6 Å². The molecule has 0 aromatic carbocycles. The minimum Gasteiger partial charge on any atom is -0.391 e. The number of aliphatic hydroxyl groups excluding tert-OH is 1. The number of hydrogen-bond acceptors (Lipinski definition) is 6. The molecule has 6 heteroatoms. The van der Waals surface area contributed by atoms with Gasteiger partial charge in [-0.3, -0.25) is 0 Å². The molecule has 0 spiro atoms. The molecule has 0 bridgehead atoms. The average molecular weight is 235 g/mol. The predicted octanol–water partition coefficient (Wildman–Crippen LogP) is 0.204. The summed E-state index contributed by atoms with van der Waals surface area (Å²) in [5.41, 5.74) is 5.71. The van der Waals surface area contributed by atoms with Crippen LogP contribution in [0.3, 0.4) is 0 Å². The van der Waals surface area contributed by atoms with Gasteiger partial charge in [-0.15, -0.1) is 0 Å². The van der Waals surface area contributed by atoms with Crippen LogP contribution in [0.2, 0.25) is 0 Å². The molecule has 92 valence electrons. The highest BCUT2D eigenvalue weighted by Gasteiger charge is 2.24. The molecular formula is C11H17N5O. The van der Waals surface area contributed by atoms with Crippen LogP contribution in [-0.2, 0) is 0 Å². The third-order valence-corrected chi connectivity index (χ3v) is 3.15. The number of β-amino-alcohol motifs (C(OH)–C–C–N with tert-alkyl or cyclic N) is 1. The quantitative estimate of drug-likeness (QED) is 0.694. The largest absolute Gasteiger partial charge is 0.391 e. The zero-order valence-electron chi connectivity index (χ0n) is 9.63. The fraction of sp³-hybridized carbons (Fsp3) is 0.636. The van der Waals surface area contributed by atoms with Gasteiger partial charge in [-0.1, -0.05) is 0 Å². The lowest BCUT2D eigenvalue weighted by molar-refractivity contribution is 0.198. The monoisotopic (exact) mass is 235 g/mol. The molecule has 0 radical (unpaired) electrons. The van der Waals surface area contributed by atoms with Crippen molar-refractivity contribution in [3.63, 3.8) is 0 Å². The molecule has 1 saturated heterocycles. The minimum atomic E-state index is -0.258. The first kappa shape index (κ1) is 10.6. The van der Waals surface area contributed by atoms with Crippen LogP contribution in [0.4, 0.5) is 17.6 Å². The van der Waals surface area contributed by atoms with Crippen molar-refractivity contribution >= 4 is 17.6 Å². The number of nitrogens with one attached hydrogen (secondary N) is 1. The third-order valence-electron chi connectivity index (χ3n) is 3.15. The first-order valence-electron chi connectivity index (χ1n) is 6.05. The maximum Gasteiger partial charge on any atom is 0.223 e. The van der Waals surface area contributed by atoms with Crippen LogP contribution >= 0.6 is 0 Å². The summed E-state index contributed by atoms with van der Waals surface area (Å²) in [5.74, 6) is 1.88. The van der Waals surface area contributed by atoms with Crippen molar-refractivity contribution in [1.82, 2.24) is 9.97 Å². The Labute approximate surface area is 99.9 Å². The fourth-order valence-electron chi connectivity index (χ4n) is 2.08. The maximum absolute atomic E-state index is 9.52. The molecule has 2 heterocycles. The number of rotatable bonds is 3. The van der Waals surface area contributed by atoms with Crippen molar-refractivity contribution < 1.29 is 5.11 Å². The van der Waals surface area contributed by atoms with Crippen molar-refractivity contribution in [2.45, 2.75) is 31.4 Å². The van der Waals surface area contributed by atoms with Crippen molar-refractivity contribution in [1.29, 1.82) is 0 Å². The summed E-state index contributed by atoms with van der Waals surface area (Å²) in [5, 5.41) is 12.8. The van der Waals surface area contributed by atoms with E-state index in [0.29, 0.717) is 12.6 Å². The molecule has 1 aromatic heterocycles. The van der Waals surface area contributed by atoms with Gasteiger partial charge in [-0.05, 0) is 19.3 Å². The Morgan fingerprint density at radius 2 is 2.18 bits per heavy atom. The molecule has 1 aliphatic carbocycles. The number of anilines is 3. The standard InChI is InChI=1S/C11H17N5O/c12-11-14-9(13-7-1-2-7)5-10(15-11)16-4-3-8(17)6-16/h5,7-8,17H,1-4,6H2,(H3,12,13,14,15)/t8-/m0/s1. The summed E-state index contributed by atoms with van der Waals surface area (Å²) < 4.78 is 0. The molecule has 4 N–H and O–H groups in total. The van der Waals surface area contributed by atoms with Gasteiger partial charge in [-0.25, -0.2) is 0 Å². The van der Waals surface area contributed by atoms with Gasteiger partial charge in [-0.2, -0.15) is 9.97 Å². The smallest absolute Gasteiger partial charge is 0.223 e. The topological polar surface area (TPSA) is 87.3 Å². The van der Waals surface area contributed by atoms with Crippen molar-refractivity contribution in [2.24, 2.45) is 0 Å². The van der Waals surface area contributed by atoms with Gasteiger partial charge in [0.25, 0.3) is 0 Å². The highest BCUT2D eigenvalue weighted by molar-refractivity contribution is 5.54. The Balaban J connectivity index is 1.80. The van der Waals surface area contributed by atoms with E-state index >= 15 is 0 Å². The normalized spacial score (nSPS) is 24.1. The zero-order valence-corrected chi connectivity index (χ0v) is 9.63. The van der Waals surface area contributed by atoms with Gasteiger partial charge in [0, 0.05) is 25.2 Å².